The number of benzene rings is 1. The lowest BCUT2D eigenvalue weighted by Gasteiger charge is -2.25. The normalized spacial score (nSPS) is 17.5. The molecule has 0 aliphatic carbocycles. The fourth-order valence-corrected chi connectivity index (χ4v) is 2.96. The summed E-state index contributed by atoms with van der Waals surface area (Å²) >= 11 is 0. The lowest BCUT2D eigenvalue weighted by atomic mass is 10.0. The first-order chi connectivity index (χ1) is 10.8. The number of hydrogen-bond donors (Lipinski definition) is 0. The molecule has 0 spiro atoms. The number of pyridine rings is 1. The average Bonchev–Trinajstić information content (AvgIpc) is 3.03. The van der Waals surface area contributed by atoms with Crippen LogP contribution >= 0.6 is 0 Å². The first kappa shape index (κ1) is 14.6. The number of ether oxygens (including phenoxy) is 1. The van der Waals surface area contributed by atoms with Gasteiger partial charge in [0, 0.05) is 18.4 Å². The van der Waals surface area contributed by atoms with Gasteiger partial charge >= 0.3 is 6.09 Å². The van der Waals surface area contributed by atoms with Crippen LogP contribution in [-0.2, 0) is 11.3 Å². The summed E-state index contributed by atoms with van der Waals surface area (Å²) in [6, 6.07) is 13.8. The van der Waals surface area contributed by atoms with E-state index in [0.717, 1.165) is 36.2 Å². The van der Waals surface area contributed by atoms with Crippen LogP contribution in [0.1, 0.15) is 35.7 Å². The summed E-state index contributed by atoms with van der Waals surface area (Å²) in [5.41, 5.74) is 3.11. The Kier molecular flexibility index (Phi) is 4.37. The van der Waals surface area contributed by atoms with Gasteiger partial charge < -0.3 is 9.64 Å². The number of amides is 1. The Morgan fingerprint density at radius 2 is 2.09 bits per heavy atom. The van der Waals surface area contributed by atoms with E-state index in [0.29, 0.717) is 6.61 Å². The van der Waals surface area contributed by atoms with Crippen molar-refractivity contribution in [3.05, 3.63) is 65.5 Å². The smallest absolute Gasteiger partial charge is 0.410 e. The molecule has 1 aliphatic rings. The van der Waals surface area contributed by atoms with Crippen LogP contribution in [-0.4, -0.2) is 22.5 Å². The average molecular weight is 296 g/mol. The fourth-order valence-electron chi connectivity index (χ4n) is 2.96. The van der Waals surface area contributed by atoms with Gasteiger partial charge in [0.25, 0.3) is 0 Å². The molecule has 1 saturated heterocycles. The molecule has 3 rings (SSSR count). The van der Waals surface area contributed by atoms with Crippen LogP contribution in [0.25, 0.3) is 0 Å². The van der Waals surface area contributed by atoms with Crippen LogP contribution in [0.2, 0.25) is 0 Å². The largest absolute Gasteiger partial charge is 0.445 e. The maximum atomic E-state index is 12.4. The summed E-state index contributed by atoms with van der Waals surface area (Å²) in [6.07, 6.45) is 3.51. The van der Waals surface area contributed by atoms with E-state index in [-0.39, 0.29) is 12.1 Å². The highest BCUT2D eigenvalue weighted by atomic mass is 16.6. The van der Waals surface area contributed by atoms with Gasteiger partial charge in [-0.2, -0.15) is 0 Å². The first-order valence-corrected chi connectivity index (χ1v) is 7.64. The Balaban J connectivity index is 1.68. The predicted octanol–water partition coefficient (Wildman–Crippen LogP) is 3.86. The zero-order valence-electron chi connectivity index (χ0n) is 12.7. The summed E-state index contributed by atoms with van der Waals surface area (Å²) in [5.74, 6) is 0. The molecule has 1 aromatic heterocycles. The molecule has 1 atom stereocenters. The molecule has 0 radical (unpaired) electrons. The van der Waals surface area contributed by atoms with Crippen molar-refractivity contribution in [3.63, 3.8) is 0 Å². The van der Waals surface area contributed by atoms with Crippen LogP contribution in [0.3, 0.4) is 0 Å². The number of aromatic nitrogens is 1. The van der Waals surface area contributed by atoms with Crippen molar-refractivity contribution in [2.75, 3.05) is 6.54 Å². The van der Waals surface area contributed by atoms with Crippen LogP contribution in [0.15, 0.2) is 48.7 Å². The number of nitrogens with zero attached hydrogens (tertiary/aromatic N) is 2. The van der Waals surface area contributed by atoms with Crippen molar-refractivity contribution in [2.24, 2.45) is 0 Å². The van der Waals surface area contributed by atoms with Gasteiger partial charge in [-0.25, -0.2) is 4.79 Å². The fraction of sp³-hybridized carbons (Fsp3) is 0.333. The zero-order chi connectivity index (χ0) is 15.4. The molecule has 0 bridgehead atoms. The molecule has 2 heterocycles. The predicted molar refractivity (Wildman–Crippen MR) is 84.3 cm³/mol. The van der Waals surface area contributed by atoms with E-state index in [1.165, 1.54) is 0 Å². The summed E-state index contributed by atoms with van der Waals surface area (Å²) in [7, 11) is 0. The molecule has 4 heteroatoms. The standard InChI is InChI=1S/C18H20N2O2/c1-14-16(9-5-11-19-14)17-10-6-12-20(17)18(21)22-13-15-7-3-2-4-8-15/h2-5,7-9,11,17H,6,10,12-13H2,1H3/t17-/m1/s1. The maximum Gasteiger partial charge on any atom is 0.410 e. The molecule has 1 aromatic carbocycles. The van der Waals surface area contributed by atoms with E-state index in [2.05, 4.69) is 11.1 Å². The zero-order valence-corrected chi connectivity index (χ0v) is 12.7. The van der Waals surface area contributed by atoms with E-state index in [9.17, 15) is 4.79 Å². The quantitative estimate of drug-likeness (QED) is 0.863. The van der Waals surface area contributed by atoms with Gasteiger partial charge in [-0.05, 0) is 37.0 Å². The minimum atomic E-state index is -0.241. The summed E-state index contributed by atoms with van der Waals surface area (Å²) < 4.78 is 5.47. The van der Waals surface area contributed by atoms with Crippen molar-refractivity contribution in [3.8, 4) is 0 Å². The SMILES string of the molecule is Cc1ncccc1[C@H]1CCCN1C(=O)OCc1ccccc1. The molecule has 0 N–H and O–H groups in total. The van der Waals surface area contributed by atoms with Crippen molar-refractivity contribution in [2.45, 2.75) is 32.4 Å². The monoisotopic (exact) mass is 296 g/mol. The number of carbonyl (C=O) groups excluding carboxylic acids is 1. The molecule has 114 valence electrons. The lowest BCUT2D eigenvalue weighted by molar-refractivity contribution is 0.0919. The van der Waals surface area contributed by atoms with Crippen molar-refractivity contribution < 1.29 is 9.53 Å². The molecule has 4 nitrogen and oxygen atoms in total. The highest BCUT2D eigenvalue weighted by Crippen LogP contribution is 2.33. The van der Waals surface area contributed by atoms with E-state index in [1.807, 2.05) is 48.2 Å². The highest BCUT2D eigenvalue weighted by molar-refractivity contribution is 5.69. The van der Waals surface area contributed by atoms with E-state index in [1.54, 1.807) is 6.20 Å². The van der Waals surface area contributed by atoms with Gasteiger partial charge in [0.15, 0.2) is 0 Å². The number of carbonyl (C=O) groups is 1. The maximum absolute atomic E-state index is 12.4. The van der Waals surface area contributed by atoms with Gasteiger partial charge in [-0.15, -0.1) is 0 Å². The molecule has 0 saturated carbocycles. The minimum absolute atomic E-state index is 0.0805. The first-order valence-electron chi connectivity index (χ1n) is 7.64. The number of likely N-dealkylation sites (tertiary alicyclic amines) is 1. The third kappa shape index (κ3) is 3.11. The van der Waals surface area contributed by atoms with Crippen molar-refractivity contribution >= 4 is 6.09 Å². The Bertz CT molecular complexity index is 643. The second kappa shape index (κ2) is 6.60. The number of aryl methyl sites for hydroxylation is 1. The number of hydrogen-bond acceptors (Lipinski definition) is 3. The topological polar surface area (TPSA) is 42.4 Å². The van der Waals surface area contributed by atoms with Crippen LogP contribution in [0, 0.1) is 6.92 Å². The van der Waals surface area contributed by atoms with Crippen LogP contribution in [0.5, 0.6) is 0 Å². The molecule has 1 amide bonds. The Hall–Kier alpha value is -2.36. The van der Waals surface area contributed by atoms with Gasteiger partial charge in [-0.1, -0.05) is 36.4 Å². The lowest BCUT2D eigenvalue weighted by Crippen LogP contribution is -2.31. The third-order valence-electron chi connectivity index (χ3n) is 4.10. The summed E-state index contributed by atoms with van der Waals surface area (Å²) in [6.45, 7) is 3.04. The Morgan fingerprint density at radius 3 is 2.86 bits per heavy atom. The van der Waals surface area contributed by atoms with Crippen LogP contribution in [0.4, 0.5) is 4.79 Å². The minimum Gasteiger partial charge on any atom is -0.445 e. The van der Waals surface area contributed by atoms with Crippen LogP contribution < -0.4 is 0 Å². The highest BCUT2D eigenvalue weighted by Gasteiger charge is 2.32. The van der Waals surface area contributed by atoms with Crippen molar-refractivity contribution in [1.29, 1.82) is 0 Å². The van der Waals surface area contributed by atoms with Crippen molar-refractivity contribution in [1.82, 2.24) is 9.88 Å². The molecule has 2 aromatic rings. The molecule has 1 fully saturated rings. The summed E-state index contributed by atoms with van der Waals surface area (Å²) in [4.78, 5) is 18.6. The Morgan fingerprint density at radius 1 is 1.27 bits per heavy atom. The molecule has 22 heavy (non-hydrogen) atoms. The molecular weight excluding hydrogens is 276 g/mol. The Labute approximate surface area is 130 Å². The van der Waals surface area contributed by atoms with E-state index >= 15 is 0 Å². The molecule has 1 aliphatic heterocycles. The van der Waals surface area contributed by atoms with Gasteiger partial charge in [0.05, 0.1) is 6.04 Å². The van der Waals surface area contributed by atoms with Gasteiger partial charge in [0.1, 0.15) is 6.61 Å². The van der Waals surface area contributed by atoms with E-state index < -0.39 is 0 Å². The van der Waals surface area contributed by atoms with Gasteiger partial charge in [0.2, 0.25) is 0 Å². The van der Waals surface area contributed by atoms with Gasteiger partial charge in [-0.3, -0.25) is 4.98 Å². The third-order valence-corrected chi connectivity index (χ3v) is 4.10. The molecule has 0 unspecified atom stereocenters. The van der Waals surface area contributed by atoms with E-state index in [4.69, 9.17) is 4.74 Å². The second-order valence-corrected chi connectivity index (χ2v) is 5.57. The summed E-state index contributed by atoms with van der Waals surface area (Å²) in [5, 5.41) is 0. The second-order valence-electron chi connectivity index (χ2n) is 5.57. The number of rotatable bonds is 3. The molecular formula is C18H20N2O2.